The standard InChI is InChI=1S/C16H19NO2/c1-17(15-10-13-7-8-14(15)9-13)16(18)19-11-12-5-3-2-4-6-12/h2-8,13-15H,9-11H2,1H3/t13-,14?,15-/m1/s1. The molecule has 1 unspecified atom stereocenters. The molecule has 1 aromatic rings. The lowest BCUT2D eigenvalue weighted by Gasteiger charge is -2.28. The minimum atomic E-state index is -0.213. The molecular weight excluding hydrogens is 238 g/mol. The minimum Gasteiger partial charge on any atom is -0.445 e. The topological polar surface area (TPSA) is 29.5 Å². The Bertz CT molecular complexity index is 483. The lowest BCUT2D eigenvalue weighted by atomic mass is 10.0. The smallest absolute Gasteiger partial charge is 0.410 e. The highest BCUT2D eigenvalue weighted by Gasteiger charge is 2.39. The number of rotatable bonds is 3. The van der Waals surface area contributed by atoms with E-state index in [9.17, 15) is 4.79 Å². The number of amides is 1. The van der Waals surface area contributed by atoms with Crippen LogP contribution in [0.3, 0.4) is 0 Å². The molecule has 3 heteroatoms. The quantitative estimate of drug-likeness (QED) is 0.778. The van der Waals surface area contributed by atoms with Crippen molar-refractivity contribution in [2.24, 2.45) is 11.8 Å². The van der Waals surface area contributed by atoms with Crippen molar-refractivity contribution in [1.82, 2.24) is 4.90 Å². The molecule has 0 aromatic heterocycles. The van der Waals surface area contributed by atoms with Crippen molar-refractivity contribution >= 4 is 6.09 Å². The number of benzene rings is 1. The fraction of sp³-hybridized carbons (Fsp3) is 0.438. The fourth-order valence-corrected chi connectivity index (χ4v) is 3.15. The van der Waals surface area contributed by atoms with Crippen LogP contribution in [0, 0.1) is 11.8 Å². The Balaban J connectivity index is 1.54. The van der Waals surface area contributed by atoms with Crippen LogP contribution in [0.1, 0.15) is 18.4 Å². The van der Waals surface area contributed by atoms with E-state index in [4.69, 9.17) is 4.74 Å². The van der Waals surface area contributed by atoms with Crippen LogP contribution in [-0.4, -0.2) is 24.1 Å². The summed E-state index contributed by atoms with van der Waals surface area (Å²) in [5.74, 6) is 1.19. The highest BCUT2D eigenvalue weighted by atomic mass is 16.6. The van der Waals surface area contributed by atoms with Crippen LogP contribution in [0.15, 0.2) is 42.5 Å². The Morgan fingerprint density at radius 3 is 2.68 bits per heavy atom. The van der Waals surface area contributed by atoms with E-state index in [2.05, 4.69) is 12.2 Å². The average molecular weight is 257 g/mol. The molecule has 2 aliphatic rings. The van der Waals surface area contributed by atoms with E-state index in [-0.39, 0.29) is 6.09 Å². The van der Waals surface area contributed by atoms with E-state index >= 15 is 0 Å². The molecule has 3 rings (SSSR count). The average Bonchev–Trinajstić information content (AvgIpc) is 3.07. The first-order chi connectivity index (χ1) is 9.24. The van der Waals surface area contributed by atoms with E-state index in [1.165, 1.54) is 6.42 Å². The second-order valence-corrected chi connectivity index (χ2v) is 5.50. The zero-order valence-corrected chi connectivity index (χ0v) is 11.2. The fourth-order valence-electron chi connectivity index (χ4n) is 3.15. The SMILES string of the molecule is CN(C(=O)OCc1ccccc1)[C@@H]1C[C@@H]2C=CC1C2. The van der Waals surface area contributed by atoms with Gasteiger partial charge in [0, 0.05) is 13.1 Å². The third-order valence-electron chi connectivity index (χ3n) is 4.23. The Morgan fingerprint density at radius 1 is 1.26 bits per heavy atom. The maximum Gasteiger partial charge on any atom is 0.410 e. The summed E-state index contributed by atoms with van der Waals surface area (Å²) in [6.45, 7) is 0.348. The largest absolute Gasteiger partial charge is 0.445 e. The number of hydrogen-bond acceptors (Lipinski definition) is 2. The van der Waals surface area contributed by atoms with Crippen molar-refractivity contribution in [2.75, 3.05) is 7.05 Å². The molecule has 0 N–H and O–H groups in total. The summed E-state index contributed by atoms with van der Waals surface area (Å²) in [5, 5.41) is 0. The van der Waals surface area contributed by atoms with Gasteiger partial charge in [0.05, 0.1) is 0 Å². The van der Waals surface area contributed by atoms with Crippen molar-refractivity contribution in [3.8, 4) is 0 Å². The highest BCUT2D eigenvalue weighted by Crippen LogP contribution is 2.41. The predicted molar refractivity (Wildman–Crippen MR) is 73.5 cm³/mol. The molecule has 1 amide bonds. The van der Waals surface area contributed by atoms with E-state index in [1.807, 2.05) is 37.4 Å². The van der Waals surface area contributed by atoms with Gasteiger partial charge in [-0.2, -0.15) is 0 Å². The number of allylic oxidation sites excluding steroid dienone is 1. The van der Waals surface area contributed by atoms with E-state index in [0.29, 0.717) is 24.5 Å². The number of ether oxygens (including phenoxy) is 1. The molecule has 0 aliphatic heterocycles. The predicted octanol–water partition coefficient (Wildman–Crippen LogP) is 3.22. The zero-order valence-electron chi connectivity index (χ0n) is 11.2. The van der Waals surface area contributed by atoms with Gasteiger partial charge in [-0.1, -0.05) is 42.5 Å². The number of fused-ring (bicyclic) bond motifs is 2. The minimum absolute atomic E-state index is 0.213. The van der Waals surface area contributed by atoms with Crippen LogP contribution in [0.4, 0.5) is 4.79 Å². The maximum absolute atomic E-state index is 12.1. The van der Waals surface area contributed by atoms with Gasteiger partial charge in [-0.25, -0.2) is 4.79 Å². The monoisotopic (exact) mass is 257 g/mol. The molecule has 1 aromatic carbocycles. The molecule has 2 aliphatic carbocycles. The Hall–Kier alpha value is -1.77. The molecule has 0 spiro atoms. The first-order valence-electron chi connectivity index (χ1n) is 6.86. The van der Waals surface area contributed by atoms with Crippen molar-refractivity contribution in [2.45, 2.75) is 25.5 Å². The van der Waals surface area contributed by atoms with Gasteiger partial charge in [-0.15, -0.1) is 0 Å². The molecule has 1 fully saturated rings. The number of carbonyl (C=O) groups excluding carboxylic acids is 1. The zero-order chi connectivity index (χ0) is 13.2. The van der Waals surface area contributed by atoms with E-state index in [0.717, 1.165) is 12.0 Å². The molecule has 19 heavy (non-hydrogen) atoms. The van der Waals surface area contributed by atoms with Gasteiger partial charge in [0.2, 0.25) is 0 Å². The second kappa shape index (κ2) is 5.08. The Morgan fingerprint density at radius 2 is 2.05 bits per heavy atom. The third kappa shape index (κ3) is 2.50. The first-order valence-corrected chi connectivity index (χ1v) is 6.86. The molecular formula is C16H19NO2. The van der Waals surface area contributed by atoms with Gasteiger partial charge in [-0.05, 0) is 30.2 Å². The normalized spacial score (nSPS) is 27.5. The molecule has 1 saturated carbocycles. The van der Waals surface area contributed by atoms with Gasteiger partial charge in [0.15, 0.2) is 0 Å². The van der Waals surface area contributed by atoms with Crippen LogP contribution in [0.2, 0.25) is 0 Å². The van der Waals surface area contributed by atoms with Crippen LogP contribution >= 0.6 is 0 Å². The van der Waals surface area contributed by atoms with E-state index in [1.54, 1.807) is 4.90 Å². The summed E-state index contributed by atoms with van der Waals surface area (Å²) in [6, 6.07) is 10.1. The molecule has 0 heterocycles. The lowest BCUT2D eigenvalue weighted by molar-refractivity contribution is 0.0864. The van der Waals surface area contributed by atoms with Gasteiger partial charge < -0.3 is 9.64 Å². The molecule has 0 radical (unpaired) electrons. The Labute approximate surface area is 113 Å². The van der Waals surface area contributed by atoms with Crippen molar-refractivity contribution < 1.29 is 9.53 Å². The molecule has 3 atom stereocenters. The van der Waals surface area contributed by atoms with Crippen molar-refractivity contribution in [1.29, 1.82) is 0 Å². The van der Waals surface area contributed by atoms with Gasteiger partial charge >= 0.3 is 6.09 Å². The van der Waals surface area contributed by atoms with Gasteiger partial charge in [-0.3, -0.25) is 0 Å². The van der Waals surface area contributed by atoms with Gasteiger partial charge in [0.25, 0.3) is 0 Å². The lowest BCUT2D eigenvalue weighted by Crippen LogP contribution is -2.39. The van der Waals surface area contributed by atoms with E-state index < -0.39 is 0 Å². The van der Waals surface area contributed by atoms with Crippen molar-refractivity contribution in [3.05, 3.63) is 48.0 Å². The van der Waals surface area contributed by atoms with Crippen molar-refractivity contribution in [3.63, 3.8) is 0 Å². The Kier molecular flexibility index (Phi) is 3.28. The summed E-state index contributed by atoms with van der Waals surface area (Å²) < 4.78 is 5.37. The van der Waals surface area contributed by atoms with Crippen LogP contribution in [-0.2, 0) is 11.3 Å². The summed E-state index contributed by atoms with van der Waals surface area (Å²) >= 11 is 0. The molecule has 3 nitrogen and oxygen atoms in total. The summed E-state index contributed by atoms with van der Waals surface area (Å²) in [5.41, 5.74) is 1.03. The number of carbonyl (C=O) groups is 1. The summed E-state index contributed by atoms with van der Waals surface area (Å²) in [4.78, 5) is 13.8. The molecule has 100 valence electrons. The second-order valence-electron chi connectivity index (χ2n) is 5.50. The van der Waals surface area contributed by atoms with Crippen LogP contribution < -0.4 is 0 Å². The highest BCUT2D eigenvalue weighted by molar-refractivity contribution is 5.68. The first kappa shape index (κ1) is 12.3. The third-order valence-corrected chi connectivity index (χ3v) is 4.23. The van der Waals surface area contributed by atoms with Crippen LogP contribution in [0.5, 0.6) is 0 Å². The number of nitrogens with zero attached hydrogens (tertiary/aromatic N) is 1. The molecule has 2 bridgehead atoms. The van der Waals surface area contributed by atoms with Crippen LogP contribution in [0.25, 0.3) is 0 Å². The maximum atomic E-state index is 12.1. The number of hydrogen-bond donors (Lipinski definition) is 0. The summed E-state index contributed by atoms with van der Waals surface area (Å²) in [6.07, 6.45) is 6.60. The van der Waals surface area contributed by atoms with Gasteiger partial charge in [0.1, 0.15) is 6.61 Å². The molecule has 0 saturated heterocycles. The summed E-state index contributed by atoms with van der Waals surface area (Å²) in [7, 11) is 1.85.